The van der Waals surface area contributed by atoms with Gasteiger partial charge in [0.2, 0.25) is 0 Å². The molecular weight excluding hydrogens is 300 g/mol. The maximum Gasteiger partial charge on any atom is 0.138 e. The van der Waals surface area contributed by atoms with Crippen LogP contribution >= 0.6 is 0 Å². The van der Waals surface area contributed by atoms with Crippen LogP contribution in [0, 0.1) is 0 Å². The zero-order valence-electron chi connectivity index (χ0n) is 14.0. The number of hydrogen-bond donors (Lipinski definition) is 1. The Bertz CT molecular complexity index is 770. The molecule has 0 saturated heterocycles. The highest BCUT2D eigenvalue weighted by atomic mass is 16.5. The molecule has 1 aromatic heterocycles. The van der Waals surface area contributed by atoms with Crippen LogP contribution in [-0.4, -0.2) is 21.8 Å². The van der Waals surface area contributed by atoms with Crippen LogP contribution in [0.25, 0.3) is 0 Å². The Hall–Kier alpha value is -2.66. The molecule has 0 radical (unpaired) electrons. The van der Waals surface area contributed by atoms with E-state index in [4.69, 9.17) is 4.74 Å². The molecule has 24 heavy (non-hydrogen) atoms. The Morgan fingerprint density at radius 1 is 1.12 bits per heavy atom. The van der Waals surface area contributed by atoms with Crippen molar-refractivity contribution in [3.63, 3.8) is 0 Å². The van der Waals surface area contributed by atoms with Gasteiger partial charge in [0.25, 0.3) is 0 Å². The molecule has 2 aromatic carbocycles. The maximum absolute atomic E-state index is 5.93. The number of benzene rings is 2. The molecule has 0 amide bonds. The second kappa shape index (κ2) is 7.75. The van der Waals surface area contributed by atoms with Gasteiger partial charge >= 0.3 is 0 Å². The molecule has 3 aromatic rings. The van der Waals surface area contributed by atoms with Gasteiger partial charge in [-0.3, -0.25) is 4.68 Å². The Morgan fingerprint density at radius 3 is 2.67 bits per heavy atom. The van der Waals surface area contributed by atoms with E-state index in [1.807, 2.05) is 44.4 Å². The summed E-state index contributed by atoms with van der Waals surface area (Å²) >= 11 is 0. The average molecular weight is 322 g/mol. The van der Waals surface area contributed by atoms with Gasteiger partial charge in [0.1, 0.15) is 24.5 Å². The van der Waals surface area contributed by atoms with Crippen molar-refractivity contribution in [2.24, 2.45) is 7.05 Å². The first kappa shape index (κ1) is 16.2. The summed E-state index contributed by atoms with van der Waals surface area (Å²) in [4.78, 5) is 4.31. The van der Waals surface area contributed by atoms with Gasteiger partial charge in [-0.15, -0.1) is 0 Å². The molecule has 5 nitrogen and oxygen atoms in total. The van der Waals surface area contributed by atoms with Gasteiger partial charge in [0.15, 0.2) is 0 Å². The van der Waals surface area contributed by atoms with Gasteiger partial charge in [-0.25, -0.2) is 4.98 Å². The maximum atomic E-state index is 5.93. The smallest absolute Gasteiger partial charge is 0.138 e. The van der Waals surface area contributed by atoms with Gasteiger partial charge in [0, 0.05) is 19.5 Å². The summed E-state index contributed by atoms with van der Waals surface area (Å²) < 4.78 is 7.73. The molecule has 124 valence electrons. The Balaban J connectivity index is 1.70. The molecule has 1 heterocycles. The molecule has 1 atom stereocenters. The van der Waals surface area contributed by atoms with E-state index in [1.54, 1.807) is 11.0 Å². The van der Waals surface area contributed by atoms with Crippen molar-refractivity contribution in [2.75, 3.05) is 7.05 Å². The minimum Gasteiger partial charge on any atom is -0.489 e. The third-order valence-electron chi connectivity index (χ3n) is 4.05. The minimum absolute atomic E-state index is 0.160. The van der Waals surface area contributed by atoms with Crippen molar-refractivity contribution >= 4 is 0 Å². The van der Waals surface area contributed by atoms with E-state index >= 15 is 0 Å². The number of hydrogen-bond acceptors (Lipinski definition) is 4. The molecular formula is C19H22N4O. The zero-order chi connectivity index (χ0) is 16.8. The molecule has 0 aliphatic heterocycles. The fourth-order valence-electron chi connectivity index (χ4n) is 2.64. The summed E-state index contributed by atoms with van der Waals surface area (Å²) in [6.07, 6.45) is 2.36. The van der Waals surface area contributed by atoms with Crippen LogP contribution in [0.3, 0.4) is 0 Å². The average Bonchev–Trinajstić information content (AvgIpc) is 3.04. The van der Waals surface area contributed by atoms with Crippen molar-refractivity contribution < 1.29 is 4.74 Å². The van der Waals surface area contributed by atoms with Crippen LogP contribution in [0.4, 0.5) is 0 Å². The largest absolute Gasteiger partial charge is 0.489 e. The van der Waals surface area contributed by atoms with Gasteiger partial charge in [-0.2, -0.15) is 5.10 Å². The van der Waals surface area contributed by atoms with Crippen LogP contribution in [0.1, 0.15) is 23.0 Å². The van der Waals surface area contributed by atoms with Crippen molar-refractivity contribution in [3.05, 3.63) is 77.9 Å². The lowest BCUT2D eigenvalue weighted by molar-refractivity contribution is 0.305. The highest BCUT2D eigenvalue weighted by Crippen LogP contribution is 2.22. The van der Waals surface area contributed by atoms with E-state index in [1.165, 1.54) is 5.56 Å². The Kier molecular flexibility index (Phi) is 5.23. The Labute approximate surface area is 142 Å². The van der Waals surface area contributed by atoms with Crippen LogP contribution in [0.15, 0.2) is 60.9 Å². The van der Waals surface area contributed by atoms with Gasteiger partial charge < -0.3 is 10.1 Å². The molecule has 3 rings (SSSR count). The third-order valence-corrected chi connectivity index (χ3v) is 4.05. The zero-order valence-corrected chi connectivity index (χ0v) is 14.0. The molecule has 0 aliphatic carbocycles. The molecule has 0 aliphatic rings. The summed E-state index contributed by atoms with van der Waals surface area (Å²) in [5.41, 5.74) is 2.33. The lowest BCUT2D eigenvalue weighted by Gasteiger charge is -2.17. The van der Waals surface area contributed by atoms with Gasteiger partial charge in [0.05, 0.1) is 0 Å². The number of aromatic nitrogens is 3. The number of likely N-dealkylation sites (N-methyl/N-ethyl adjacent to an activating group) is 1. The SMILES string of the molecule is CNC(Cc1ncnn1C)c1cccc(OCc2ccccc2)c1. The summed E-state index contributed by atoms with van der Waals surface area (Å²) in [5, 5.41) is 7.48. The fourth-order valence-corrected chi connectivity index (χ4v) is 2.64. The topological polar surface area (TPSA) is 52.0 Å². The number of nitrogens with zero attached hydrogens (tertiary/aromatic N) is 3. The first-order valence-electron chi connectivity index (χ1n) is 8.03. The van der Waals surface area contributed by atoms with E-state index in [9.17, 15) is 0 Å². The van der Waals surface area contributed by atoms with Gasteiger partial charge in [-0.05, 0) is 30.3 Å². The molecule has 1 N–H and O–H groups in total. The predicted molar refractivity (Wildman–Crippen MR) is 93.7 cm³/mol. The van der Waals surface area contributed by atoms with Crippen LogP contribution in [-0.2, 0) is 20.1 Å². The number of rotatable bonds is 7. The molecule has 0 spiro atoms. The summed E-state index contributed by atoms with van der Waals surface area (Å²) in [6.45, 7) is 0.567. The molecule has 0 bridgehead atoms. The van der Waals surface area contributed by atoms with Crippen molar-refractivity contribution in [1.82, 2.24) is 20.1 Å². The number of nitrogens with one attached hydrogen (secondary N) is 1. The predicted octanol–water partition coefficient (Wildman–Crippen LogP) is 2.90. The molecule has 5 heteroatoms. The number of aryl methyl sites for hydroxylation is 1. The Morgan fingerprint density at radius 2 is 1.96 bits per heavy atom. The van der Waals surface area contributed by atoms with Crippen LogP contribution < -0.4 is 10.1 Å². The third kappa shape index (κ3) is 4.00. The van der Waals surface area contributed by atoms with E-state index in [2.05, 4.69) is 39.7 Å². The van der Waals surface area contributed by atoms with Crippen molar-refractivity contribution in [3.8, 4) is 5.75 Å². The monoisotopic (exact) mass is 322 g/mol. The molecule has 0 saturated carbocycles. The van der Waals surface area contributed by atoms with E-state index < -0.39 is 0 Å². The first-order chi connectivity index (χ1) is 11.8. The highest BCUT2D eigenvalue weighted by Gasteiger charge is 2.14. The summed E-state index contributed by atoms with van der Waals surface area (Å²) in [5.74, 6) is 1.82. The van der Waals surface area contributed by atoms with Crippen molar-refractivity contribution in [1.29, 1.82) is 0 Å². The highest BCUT2D eigenvalue weighted by molar-refractivity contribution is 5.31. The molecule has 1 unspecified atom stereocenters. The lowest BCUT2D eigenvalue weighted by atomic mass is 10.0. The lowest BCUT2D eigenvalue weighted by Crippen LogP contribution is -2.20. The first-order valence-corrected chi connectivity index (χ1v) is 8.03. The molecule has 0 fully saturated rings. The standard InChI is InChI=1S/C19H22N4O/c1-20-18(12-19-21-14-22-23(19)2)16-9-6-10-17(11-16)24-13-15-7-4-3-5-8-15/h3-11,14,18,20H,12-13H2,1-2H3. The van der Waals surface area contributed by atoms with Gasteiger partial charge in [-0.1, -0.05) is 42.5 Å². The fraction of sp³-hybridized carbons (Fsp3) is 0.263. The number of ether oxygens (including phenoxy) is 1. The minimum atomic E-state index is 0.160. The van der Waals surface area contributed by atoms with Crippen LogP contribution in [0.2, 0.25) is 0 Å². The normalized spacial score (nSPS) is 12.1. The van der Waals surface area contributed by atoms with E-state index in [-0.39, 0.29) is 6.04 Å². The summed E-state index contributed by atoms with van der Waals surface area (Å²) in [7, 11) is 3.87. The van der Waals surface area contributed by atoms with E-state index in [0.29, 0.717) is 6.61 Å². The second-order valence-electron chi connectivity index (χ2n) is 5.69. The van der Waals surface area contributed by atoms with Crippen LogP contribution in [0.5, 0.6) is 5.75 Å². The van der Waals surface area contributed by atoms with Crippen molar-refractivity contribution in [2.45, 2.75) is 19.1 Å². The second-order valence-corrected chi connectivity index (χ2v) is 5.69. The summed E-state index contributed by atoms with van der Waals surface area (Å²) in [6, 6.07) is 18.5. The quantitative estimate of drug-likeness (QED) is 0.727. The van der Waals surface area contributed by atoms with E-state index in [0.717, 1.165) is 23.6 Å².